The minimum absolute atomic E-state index is 0.110. The summed E-state index contributed by atoms with van der Waals surface area (Å²) in [6.45, 7) is 3.72. The van der Waals surface area contributed by atoms with Gasteiger partial charge in [-0.05, 0) is 12.3 Å². The minimum atomic E-state index is -4.06. The highest BCUT2D eigenvalue weighted by Gasteiger charge is 2.29. The van der Waals surface area contributed by atoms with E-state index in [1.165, 1.54) is 0 Å². The SMILES string of the molecule is CCCC(C)C(N)P(=O)(O)O. The zero-order valence-electron chi connectivity index (χ0n) is 6.90. The minimum Gasteiger partial charge on any atom is -0.323 e. The number of hydrogen-bond acceptors (Lipinski definition) is 2. The van der Waals surface area contributed by atoms with Gasteiger partial charge in [0.15, 0.2) is 0 Å². The predicted molar refractivity (Wildman–Crippen MR) is 44.1 cm³/mol. The van der Waals surface area contributed by atoms with E-state index in [0.717, 1.165) is 12.8 Å². The molecule has 0 bridgehead atoms. The third-order valence-corrected chi connectivity index (χ3v) is 3.00. The van der Waals surface area contributed by atoms with Crippen LogP contribution in [0.1, 0.15) is 26.7 Å². The zero-order chi connectivity index (χ0) is 9.07. The highest BCUT2D eigenvalue weighted by Crippen LogP contribution is 2.42. The van der Waals surface area contributed by atoms with Crippen LogP contribution in [0.4, 0.5) is 0 Å². The van der Waals surface area contributed by atoms with Gasteiger partial charge in [-0.2, -0.15) is 0 Å². The Morgan fingerprint density at radius 3 is 2.27 bits per heavy atom. The Balaban J connectivity index is 4.02. The second-order valence-electron chi connectivity index (χ2n) is 2.85. The molecule has 68 valence electrons. The van der Waals surface area contributed by atoms with Crippen molar-refractivity contribution in [3.8, 4) is 0 Å². The van der Waals surface area contributed by atoms with Crippen molar-refractivity contribution in [1.82, 2.24) is 0 Å². The second kappa shape index (κ2) is 4.21. The predicted octanol–water partition coefficient (Wildman–Crippen LogP) is 0.885. The Kier molecular flexibility index (Phi) is 4.26. The Bertz CT molecular complexity index is 156. The van der Waals surface area contributed by atoms with Gasteiger partial charge in [-0.15, -0.1) is 0 Å². The first-order chi connectivity index (χ1) is 4.89. The zero-order valence-corrected chi connectivity index (χ0v) is 7.79. The summed E-state index contributed by atoms with van der Waals surface area (Å²) in [6.07, 6.45) is 1.65. The average Bonchev–Trinajstić information content (AvgIpc) is 1.85. The lowest BCUT2D eigenvalue weighted by atomic mass is 10.1. The highest BCUT2D eigenvalue weighted by atomic mass is 31.2. The molecule has 0 spiro atoms. The van der Waals surface area contributed by atoms with E-state index < -0.39 is 13.4 Å². The van der Waals surface area contributed by atoms with Crippen LogP contribution in [0.15, 0.2) is 0 Å². The average molecular weight is 181 g/mol. The lowest BCUT2D eigenvalue weighted by Crippen LogP contribution is -2.27. The smallest absolute Gasteiger partial charge is 0.323 e. The Hall–Kier alpha value is 0.110. The highest BCUT2D eigenvalue weighted by molar-refractivity contribution is 7.52. The van der Waals surface area contributed by atoms with Crippen LogP contribution < -0.4 is 5.73 Å². The van der Waals surface area contributed by atoms with E-state index in [4.69, 9.17) is 15.5 Å². The van der Waals surface area contributed by atoms with Crippen molar-refractivity contribution in [2.24, 2.45) is 11.7 Å². The van der Waals surface area contributed by atoms with Gasteiger partial charge in [0.2, 0.25) is 0 Å². The van der Waals surface area contributed by atoms with Crippen molar-refractivity contribution in [3.63, 3.8) is 0 Å². The Labute approximate surface area is 67.0 Å². The number of hydrogen-bond donors (Lipinski definition) is 3. The normalized spacial score (nSPS) is 17.9. The van der Waals surface area contributed by atoms with Crippen molar-refractivity contribution in [2.45, 2.75) is 32.5 Å². The molecule has 0 saturated carbocycles. The second-order valence-corrected chi connectivity index (χ2v) is 4.62. The molecule has 0 saturated heterocycles. The summed E-state index contributed by atoms with van der Waals surface area (Å²) < 4.78 is 10.6. The largest absolute Gasteiger partial charge is 0.342 e. The van der Waals surface area contributed by atoms with Gasteiger partial charge in [-0.3, -0.25) is 4.57 Å². The molecule has 0 fully saturated rings. The maximum Gasteiger partial charge on any atom is 0.342 e. The van der Waals surface area contributed by atoms with Gasteiger partial charge in [0, 0.05) is 0 Å². The molecule has 0 aromatic heterocycles. The molecule has 4 nitrogen and oxygen atoms in total. The van der Waals surface area contributed by atoms with Crippen LogP contribution in [0.25, 0.3) is 0 Å². The summed E-state index contributed by atoms with van der Waals surface area (Å²) in [4.78, 5) is 17.3. The molecule has 0 aromatic carbocycles. The fourth-order valence-corrected chi connectivity index (χ4v) is 1.77. The van der Waals surface area contributed by atoms with Crippen LogP contribution in [0.3, 0.4) is 0 Å². The lowest BCUT2D eigenvalue weighted by molar-refractivity contribution is 0.333. The summed E-state index contributed by atoms with van der Waals surface area (Å²) in [5.74, 6) is -1.11. The molecule has 0 amide bonds. The topological polar surface area (TPSA) is 83.6 Å². The van der Waals surface area contributed by atoms with Gasteiger partial charge < -0.3 is 15.5 Å². The molecule has 0 aliphatic carbocycles. The fraction of sp³-hybridized carbons (Fsp3) is 1.00. The van der Waals surface area contributed by atoms with E-state index in [0.29, 0.717) is 0 Å². The summed E-state index contributed by atoms with van der Waals surface area (Å²) in [6, 6.07) is 0. The molecule has 5 heteroatoms. The van der Waals surface area contributed by atoms with Crippen molar-refractivity contribution in [3.05, 3.63) is 0 Å². The van der Waals surface area contributed by atoms with E-state index in [1.54, 1.807) is 6.92 Å². The first kappa shape index (κ1) is 11.1. The monoisotopic (exact) mass is 181 g/mol. The summed E-state index contributed by atoms with van der Waals surface area (Å²) >= 11 is 0. The maximum atomic E-state index is 10.6. The summed E-state index contributed by atoms with van der Waals surface area (Å²) in [5, 5.41) is 0. The van der Waals surface area contributed by atoms with Gasteiger partial charge in [-0.25, -0.2) is 0 Å². The van der Waals surface area contributed by atoms with E-state index in [2.05, 4.69) is 0 Å². The first-order valence-corrected chi connectivity index (χ1v) is 5.38. The Morgan fingerprint density at radius 1 is 1.55 bits per heavy atom. The number of rotatable bonds is 4. The molecule has 0 heterocycles. The third-order valence-electron chi connectivity index (χ3n) is 1.72. The molecular weight excluding hydrogens is 165 g/mol. The van der Waals surface area contributed by atoms with Crippen LogP contribution >= 0.6 is 7.60 Å². The van der Waals surface area contributed by atoms with Crippen molar-refractivity contribution < 1.29 is 14.4 Å². The number of nitrogens with two attached hydrogens (primary N) is 1. The van der Waals surface area contributed by atoms with E-state index in [1.807, 2.05) is 6.92 Å². The molecule has 2 atom stereocenters. The molecule has 0 aromatic rings. The molecular formula is C6H16NO3P. The quantitative estimate of drug-likeness (QED) is 0.562. The molecule has 0 radical (unpaired) electrons. The first-order valence-electron chi connectivity index (χ1n) is 3.70. The molecule has 0 aliphatic rings. The summed E-state index contributed by atoms with van der Waals surface area (Å²) in [5.41, 5.74) is 5.32. The van der Waals surface area contributed by atoms with Crippen molar-refractivity contribution >= 4 is 7.60 Å². The van der Waals surface area contributed by atoms with Gasteiger partial charge in [0.05, 0.1) is 0 Å². The van der Waals surface area contributed by atoms with Crippen molar-refractivity contribution in [1.29, 1.82) is 0 Å². The van der Waals surface area contributed by atoms with Crippen molar-refractivity contribution in [2.75, 3.05) is 0 Å². The van der Waals surface area contributed by atoms with E-state index >= 15 is 0 Å². The van der Waals surface area contributed by atoms with Gasteiger partial charge in [0.25, 0.3) is 0 Å². The molecule has 4 N–H and O–H groups in total. The molecule has 0 rings (SSSR count). The van der Waals surface area contributed by atoms with Gasteiger partial charge in [0.1, 0.15) is 5.78 Å². The summed E-state index contributed by atoms with van der Waals surface area (Å²) in [7, 11) is -4.06. The van der Waals surface area contributed by atoms with E-state index in [9.17, 15) is 4.57 Å². The van der Waals surface area contributed by atoms with Crippen LogP contribution in [-0.2, 0) is 4.57 Å². The molecule has 0 aliphatic heterocycles. The lowest BCUT2D eigenvalue weighted by Gasteiger charge is -2.19. The fourth-order valence-electron chi connectivity index (χ4n) is 0.958. The Morgan fingerprint density at radius 2 is 2.00 bits per heavy atom. The van der Waals surface area contributed by atoms with Crippen LogP contribution in [-0.4, -0.2) is 15.6 Å². The third kappa shape index (κ3) is 3.87. The van der Waals surface area contributed by atoms with Gasteiger partial charge in [-0.1, -0.05) is 20.3 Å². The standard InChI is InChI=1S/C6H16NO3P/c1-3-4-5(2)6(7)11(8,9)10/h5-6H,3-4,7H2,1-2H3,(H2,8,9,10). The maximum absolute atomic E-state index is 10.6. The molecule has 2 unspecified atom stereocenters. The van der Waals surface area contributed by atoms with Crippen LogP contribution in [0.2, 0.25) is 0 Å². The van der Waals surface area contributed by atoms with Gasteiger partial charge >= 0.3 is 7.60 Å². The van der Waals surface area contributed by atoms with E-state index in [-0.39, 0.29) is 5.92 Å². The van der Waals surface area contributed by atoms with Crippen LogP contribution in [0, 0.1) is 5.92 Å². The molecule has 11 heavy (non-hydrogen) atoms. The van der Waals surface area contributed by atoms with Crippen LogP contribution in [0.5, 0.6) is 0 Å².